The van der Waals surface area contributed by atoms with Crippen LogP contribution in [-0.2, 0) is 4.79 Å². The van der Waals surface area contributed by atoms with Crippen molar-refractivity contribution in [3.63, 3.8) is 0 Å². The van der Waals surface area contributed by atoms with E-state index in [2.05, 4.69) is 10.3 Å². The van der Waals surface area contributed by atoms with Crippen LogP contribution >= 0.6 is 11.8 Å². The molecular formula is C16H18N2O2S. The van der Waals surface area contributed by atoms with Crippen LogP contribution in [0.1, 0.15) is 12.5 Å². The average molecular weight is 302 g/mol. The number of amides is 1. The van der Waals surface area contributed by atoms with Gasteiger partial charge in [-0.25, -0.2) is 4.98 Å². The lowest BCUT2D eigenvalue weighted by Gasteiger charge is -2.10. The van der Waals surface area contributed by atoms with E-state index in [1.165, 1.54) is 11.8 Å². The van der Waals surface area contributed by atoms with E-state index < -0.39 is 0 Å². The Labute approximate surface area is 128 Å². The Bertz CT molecular complexity index is 599. The number of rotatable bonds is 6. The molecule has 0 unspecified atom stereocenters. The summed E-state index contributed by atoms with van der Waals surface area (Å²) in [5.41, 5.74) is 1.80. The average Bonchev–Trinajstić information content (AvgIpc) is 2.49. The number of carbonyl (C=O) groups excluding carboxylic acids is 1. The molecule has 0 saturated carbocycles. The minimum atomic E-state index is -0.0745. The molecule has 1 amide bonds. The Morgan fingerprint density at radius 1 is 1.29 bits per heavy atom. The number of hydrogen-bond donors (Lipinski definition) is 1. The van der Waals surface area contributed by atoms with Gasteiger partial charge >= 0.3 is 0 Å². The van der Waals surface area contributed by atoms with Crippen molar-refractivity contribution in [1.29, 1.82) is 0 Å². The summed E-state index contributed by atoms with van der Waals surface area (Å²) in [5.74, 6) is 0.928. The first kappa shape index (κ1) is 15.4. The van der Waals surface area contributed by atoms with Gasteiger partial charge in [0.15, 0.2) is 0 Å². The molecule has 0 spiro atoms. The van der Waals surface area contributed by atoms with Gasteiger partial charge in [0.2, 0.25) is 5.91 Å². The monoisotopic (exact) mass is 302 g/mol. The number of nitrogens with zero attached hydrogens (tertiary/aromatic N) is 1. The molecule has 110 valence electrons. The van der Waals surface area contributed by atoms with Gasteiger partial charge in [-0.15, -0.1) is 0 Å². The molecule has 0 aliphatic carbocycles. The summed E-state index contributed by atoms with van der Waals surface area (Å²) in [7, 11) is 0. The van der Waals surface area contributed by atoms with E-state index in [1.807, 2.05) is 50.2 Å². The first-order chi connectivity index (χ1) is 10.2. The van der Waals surface area contributed by atoms with Crippen LogP contribution in [0, 0.1) is 6.92 Å². The molecule has 1 aromatic carbocycles. The van der Waals surface area contributed by atoms with Crippen molar-refractivity contribution in [3.8, 4) is 5.75 Å². The van der Waals surface area contributed by atoms with Gasteiger partial charge in [0.1, 0.15) is 5.75 Å². The summed E-state index contributed by atoms with van der Waals surface area (Å²) in [6.07, 6.45) is 1.80. The van der Waals surface area contributed by atoms with Crippen LogP contribution in [-0.4, -0.2) is 23.3 Å². The van der Waals surface area contributed by atoms with E-state index in [0.29, 0.717) is 23.8 Å². The van der Waals surface area contributed by atoms with E-state index in [9.17, 15) is 4.79 Å². The van der Waals surface area contributed by atoms with E-state index >= 15 is 0 Å². The van der Waals surface area contributed by atoms with Crippen molar-refractivity contribution >= 4 is 23.4 Å². The zero-order valence-electron chi connectivity index (χ0n) is 12.1. The summed E-state index contributed by atoms with van der Waals surface area (Å²) < 4.78 is 5.48. The Kier molecular flexibility index (Phi) is 5.63. The maximum Gasteiger partial charge on any atom is 0.234 e. The molecule has 0 aliphatic heterocycles. The molecule has 21 heavy (non-hydrogen) atoms. The maximum atomic E-state index is 12.0. The summed E-state index contributed by atoms with van der Waals surface area (Å²) >= 11 is 1.41. The molecule has 1 N–H and O–H groups in total. The second-order valence-corrected chi connectivity index (χ2v) is 5.44. The van der Waals surface area contributed by atoms with Gasteiger partial charge in [-0.1, -0.05) is 30.0 Å². The van der Waals surface area contributed by atoms with Crippen LogP contribution in [0.25, 0.3) is 0 Å². The lowest BCUT2D eigenvalue weighted by atomic mass is 10.3. The number of carbonyl (C=O) groups is 1. The number of aromatic nitrogens is 1. The highest BCUT2D eigenvalue weighted by molar-refractivity contribution is 7.99. The molecule has 1 heterocycles. The lowest BCUT2D eigenvalue weighted by molar-refractivity contribution is -0.113. The lowest BCUT2D eigenvalue weighted by Crippen LogP contribution is -2.15. The van der Waals surface area contributed by atoms with Gasteiger partial charge in [0, 0.05) is 6.20 Å². The van der Waals surface area contributed by atoms with Crippen molar-refractivity contribution in [2.45, 2.75) is 18.9 Å². The van der Waals surface area contributed by atoms with Crippen molar-refractivity contribution in [1.82, 2.24) is 4.98 Å². The SMILES string of the molecule is CCOc1ccccc1NC(=O)CSc1ccc(C)cn1. The third-order valence-corrected chi connectivity index (χ3v) is 3.64. The molecule has 0 atom stereocenters. The Morgan fingerprint density at radius 2 is 2.10 bits per heavy atom. The molecule has 0 aliphatic rings. The highest BCUT2D eigenvalue weighted by Gasteiger charge is 2.08. The van der Waals surface area contributed by atoms with Gasteiger partial charge in [-0.3, -0.25) is 4.79 Å². The van der Waals surface area contributed by atoms with Crippen molar-refractivity contribution in [3.05, 3.63) is 48.2 Å². The quantitative estimate of drug-likeness (QED) is 0.830. The fourth-order valence-electron chi connectivity index (χ4n) is 1.72. The highest BCUT2D eigenvalue weighted by Crippen LogP contribution is 2.24. The van der Waals surface area contributed by atoms with Gasteiger partial charge < -0.3 is 10.1 Å². The minimum Gasteiger partial charge on any atom is -0.492 e. The molecule has 2 rings (SSSR count). The Morgan fingerprint density at radius 3 is 2.81 bits per heavy atom. The number of nitrogens with one attached hydrogen (secondary N) is 1. The molecule has 0 bridgehead atoms. The fourth-order valence-corrected chi connectivity index (χ4v) is 2.36. The molecule has 0 radical (unpaired) electrons. The number of pyridine rings is 1. The standard InChI is InChI=1S/C16H18N2O2S/c1-3-20-14-7-5-4-6-13(14)18-15(19)11-21-16-9-8-12(2)10-17-16/h4-10H,3,11H2,1-2H3,(H,18,19). The maximum absolute atomic E-state index is 12.0. The van der Waals surface area contributed by atoms with Crippen molar-refractivity contribution in [2.24, 2.45) is 0 Å². The van der Waals surface area contributed by atoms with Gasteiger partial charge in [-0.2, -0.15) is 0 Å². The first-order valence-electron chi connectivity index (χ1n) is 6.76. The van der Waals surface area contributed by atoms with Crippen LogP contribution in [0.2, 0.25) is 0 Å². The van der Waals surface area contributed by atoms with E-state index in [4.69, 9.17) is 4.74 Å². The number of anilines is 1. The second-order valence-electron chi connectivity index (χ2n) is 4.44. The normalized spacial score (nSPS) is 10.2. The van der Waals surface area contributed by atoms with E-state index in [0.717, 1.165) is 10.6 Å². The number of hydrogen-bond acceptors (Lipinski definition) is 4. The summed E-state index contributed by atoms with van der Waals surface area (Å²) in [5, 5.41) is 3.71. The Hall–Kier alpha value is -2.01. The van der Waals surface area contributed by atoms with Crippen LogP contribution < -0.4 is 10.1 Å². The van der Waals surface area contributed by atoms with Crippen LogP contribution in [0.15, 0.2) is 47.6 Å². The fraction of sp³-hybridized carbons (Fsp3) is 0.250. The smallest absolute Gasteiger partial charge is 0.234 e. The zero-order chi connectivity index (χ0) is 15.1. The summed E-state index contributed by atoms with van der Waals surface area (Å²) in [6.45, 7) is 4.46. The predicted octanol–water partition coefficient (Wildman–Crippen LogP) is 3.52. The summed E-state index contributed by atoms with van der Waals surface area (Å²) in [4.78, 5) is 16.3. The minimum absolute atomic E-state index is 0.0745. The molecule has 4 nitrogen and oxygen atoms in total. The molecule has 5 heteroatoms. The van der Waals surface area contributed by atoms with Gasteiger partial charge in [-0.05, 0) is 37.6 Å². The van der Waals surface area contributed by atoms with E-state index in [-0.39, 0.29) is 5.91 Å². The number of ether oxygens (including phenoxy) is 1. The van der Waals surface area contributed by atoms with Crippen molar-refractivity contribution in [2.75, 3.05) is 17.7 Å². The third kappa shape index (κ3) is 4.79. The number of thioether (sulfide) groups is 1. The van der Waals surface area contributed by atoms with Crippen LogP contribution in [0.5, 0.6) is 5.75 Å². The van der Waals surface area contributed by atoms with Gasteiger partial charge in [0.05, 0.1) is 23.1 Å². The predicted molar refractivity (Wildman–Crippen MR) is 85.9 cm³/mol. The number of aryl methyl sites for hydroxylation is 1. The van der Waals surface area contributed by atoms with Crippen LogP contribution in [0.3, 0.4) is 0 Å². The van der Waals surface area contributed by atoms with Crippen LogP contribution in [0.4, 0.5) is 5.69 Å². The first-order valence-corrected chi connectivity index (χ1v) is 7.74. The second kappa shape index (κ2) is 7.69. The van der Waals surface area contributed by atoms with E-state index in [1.54, 1.807) is 6.20 Å². The number of para-hydroxylation sites is 2. The molecule has 0 fully saturated rings. The third-order valence-electron chi connectivity index (χ3n) is 2.70. The van der Waals surface area contributed by atoms with Gasteiger partial charge in [0.25, 0.3) is 0 Å². The molecule has 1 aromatic heterocycles. The zero-order valence-corrected chi connectivity index (χ0v) is 12.9. The molecule has 2 aromatic rings. The molecule has 0 saturated heterocycles. The highest BCUT2D eigenvalue weighted by atomic mass is 32.2. The molecular weight excluding hydrogens is 284 g/mol. The Balaban J connectivity index is 1.91. The van der Waals surface area contributed by atoms with Crippen molar-refractivity contribution < 1.29 is 9.53 Å². The topological polar surface area (TPSA) is 51.2 Å². The number of benzene rings is 1. The summed E-state index contributed by atoms with van der Waals surface area (Å²) in [6, 6.07) is 11.3. The largest absolute Gasteiger partial charge is 0.492 e.